The molecule has 0 saturated carbocycles. The molecule has 0 aliphatic carbocycles. The monoisotopic (exact) mass is 317 g/mol. The fourth-order valence-electron chi connectivity index (χ4n) is 2.66. The average molecular weight is 317 g/mol. The van der Waals surface area contributed by atoms with Crippen LogP contribution in [0, 0.1) is 5.82 Å². The Labute approximate surface area is 132 Å². The van der Waals surface area contributed by atoms with Crippen LogP contribution in [0.15, 0.2) is 41.0 Å². The lowest BCUT2D eigenvalue weighted by atomic mass is 10.2. The molecule has 1 aliphatic heterocycles. The van der Waals surface area contributed by atoms with E-state index in [0.29, 0.717) is 25.2 Å². The van der Waals surface area contributed by atoms with Crippen molar-refractivity contribution in [2.24, 2.45) is 5.73 Å². The fraction of sp³-hybridized carbons (Fsp3) is 0.250. The van der Waals surface area contributed by atoms with E-state index in [1.165, 1.54) is 18.4 Å². The third-order valence-electron chi connectivity index (χ3n) is 3.82. The van der Waals surface area contributed by atoms with E-state index in [4.69, 9.17) is 10.2 Å². The van der Waals surface area contributed by atoms with Gasteiger partial charge in [-0.1, -0.05) is 12.1 Å². The summed E-state index contributed by atoms with van der Waals surface area (Å²) < 4.78 is 18.7. The van der Waals surface area contributed by atoms with Gasteiger partial charge in [-0.15, -0.1) is 0 Å². The molecule has 2 amide bonds. The van der Waals surface area contributed by atoms with Gasteiger partial charge in [0.2, 0.25) is 0 Å². The van der Waals surface area contributed by atoms with Gasteiger partial charge in [0.15, 0.2) is 5.76 Å². The largest absolute Gasteiger partial charge is 0.458 e. The zero-order valence-electron chi connectivity index (χ0n) is 12.3. The molecule has 0 bridgehead atoms. The molecule has 3 N–H and O–H groups in total. The number of carbonyl (C=O) groups is 2. The first-order chi connectivity index (χ1) is 11.0. The van der Waals surface area contributed by atoms with Crippen molar-refractivity contribution in [3.05, 3.63) is 53.7 Å². The molecule has 120 valence electrons. The quantitative estimate of drug-likeness (QED) is 0.895. The molecule has 0 radical (unpaired) electrons. The summed E-state index contributed by atoms with van der Waals surface area (Å²) in [5.41, 5.74) is 5.85. The molecule has 7 heteroatoms. The Morgan fingerprint density at radius 2 is 2.13 bits per heavy atom. The number of furan rings is 1. The minimum atomic E-state index is -0.726. The van der Waals surface area contributed by atoms with Crippen LogP contribution < -0.4 is 16.0 Å². The zero-order valence-corrected chi connectivity index (χ0v) is 12.3. The fourth-order valence-corrected chi connectivity index (χ4v) is 2.66. The Balaban J connectivity index is 1.62. The number of hydrogen-bond acceptors (Lipinski definition) is 4. The van der Waals surface area contributed by atoms with E-state index in [-0.39, 0.29) is 29.1 Å². The van der Waals surface area contributed by atoms with Gasteiger partial charge in [-0.25, -0.2) is 4.39 Å². The van der Waals surface area contributed by atoms with Crippen molar-refractivity contribution >= 4 is 17.5 Å². The third kappa shape index (κ3) is 3.18. The average Bonchev–Trinajstić information content (AvgIpc) is 3.16. The first-order valence-electron chi connectivity index (χ1n) is 7.23. The smallest absolute Gasteiger partial charge is 0.284 e. The normalized spacial score (nSPS) is 17.3. The molecule has 2 heterocycles. The van der Waals surface area contributed by atoms with Gasteiger partial charge < -0.3 is 20.4 Å². The van der Waals surface area contributed by atoms with Gasteiger partial charge in [-0.2, -0.15) is 0 Å². The van der Waals surface area contributed by atoms with Crippen LogP contribution in [0.5, 0.6) is 0 Å². The molecule has 1 aromatic carbocycles. The van der Waals surface area contributed by atoms with Crippen LogP contribution in [-0.4, -0.2) is 30.9 Å². The van der Waals surface area contributed by atoms with Crippen LogP contribution in [-0.2, 0) is 0 Å². The summed E-state index contributed by atoms with van der Waals surface area (Å²) in [5.74, 6) is -1.41. The van der Waals surface area contributed by atoms with Gasteiger partial charge in [0.25, 0.3) is 11.8 Å². The van der Waals surface area contributed by atoms with E-state index in [1.54, 1.807) is 18.2 Å². The highest BCUT2D eigenvalue weighted by molar-refractivity contribution is 5.98. The molecule has 6 nitrogen and oxygen atoms in total. The van der Waals surface area contributed by atoms with E-state index in [0.717, 1.165) is 0 Å². The number of primary amides is 1. The molecular formula is C16H16FN3O3. The first kappa shape index (κ1) is 15.1. The van der Waals surface area contributed by atoms with Crippen molar-refractivity contribution in [2.45, 2.75) is 12.5 Å². The number of anilines is 1. The van der Waals surface area contributed by atoms with Crippen LogP contribution in [0.2, 0.25) is 0 Å². The second-order valence-electron chi connectivity index (χ2n) is 5.42. The van der Waals surface area contributed by atoms with Crippen molar-refractivity contribution in [2.75, 3.05) is 18.0 Å². The zero-order chi connectivity index (χ0) is 16.4. The molecular weight excluding hydrogens is 301 g/mol. The number of hydrogen-bond donors (Lipinski definition) is 2. The van der Waals surface area contributed by atoms with Gasteiger partial charge >= 0.3 is 0 Å². The maximum Gasteiger partial charge on any atom is 0.284 e. The number of carbonyl (C=O) groups excluding carboxylic acids is 2. The molecule has 1 unspecified atom stereocenters. The Hall–Kier alpha value is -2.83. The van der Waals surface area contributed by atoms with Crippen molar-refractivity contribution in [1.29, 1.82) is 0 Å². The molecule has 1 atom stereocenters. The first-order valence-corrected chi connectivity index (χ1v) is 7.23. The van der Waals surface area contributed by atoms with E-state index in [1.807, 2.05) is 4.90 Å². The summed E-state index contributed by atoms with van der Waals surface area (Å²) in [5, 5.41) is 2.85. The maximum atomic E-state index is 13.8. The van der Waals surface area contributed by atoms with Gasteiger partial charge in [0.05, 0.1) is 11.3 Å². The van der Waals surface area contributed by atoms with Crippen LogP contribution >= 0.6 is 0 Å². The molecule has 1 aliphatic rings. The number of nitrogens with one attached hydrogen (secondary N) is 1. The number of para-hydroxylation sites is 1. The topological polar surface area (TPSA) is 88.6 Å². The number of nitrogens with zero attached hydrogens (tertiary/aromatic N) is 1. The highest BCUT2D eigenvalue weighted by atomic mass is 19.1. The molecule has 3 rings (SSSR count). The van der Waals surface area contributed by atoms with Crippen molar-refractivity contribution in [1.82, 2.24) is 5.32 Å². The molecule has 2 aromatic rings. The summed E-state index contributed by atoms with van der Waals surface area (Å²) in [7, 11) is 0. The summed E-state index contributed by atoms with van der Waals surface area (Å²) in [6.07, 6.45) is 1.90. The van der Waals surface area contributed by atoms with Crippen LogP contribution in [0.25, 0.3) is 0 Å². The lowest BCUT2D eigenvalue weighted by Gasteiger charge is -2.19. The predicted molar refractivity (Wildman–Crippen MR) is 81.7 cm³/mol. The van der Waals surface area contributed by atoms with Crippen molar-refractivity contribution in [3.8, 4) is 0 Å². The standard InChI is InChI=1S/C16H16FN3O3/c17-12-3-1-2-4-13(12)20-6-5-11(8-20)19-16(22)10-7-14(15(18)21)23-9-10/h1-4,7,9,11H,5-6,8H2,(H2,18,21)(H,19,22). The van der Waals surface area contributed by atoms with Crippen LogP contribution in [0.3, 0.4) is 0 Å². The number of benzene rings is 1. The number of amides is 2. The minimum Gasteiger partial charge on any atom is -0.458 e. The molecule has 1 fully saturated rings. The Morgan fingerprint density at radius 1 is 1.35 bits per heavy atom. The lowest BCUT2D eigenvalue weighted by molar-refractivity contribution is 0.0937. The Morgan fingerprint density at radius 3 is 2.83 bits per heavy atom. The summed E-state index contributed by atoms with van der Waals surface area (Å²) in [6.45, 7) is 1.18. The van der Waals surface area contributed by atoms with Gasteiger partial charge in [0.1, 0.15) is 12.1 Å². The van der Waals surface area contributed by atoms with E-state index in [2.05, 4.69) is 5.32 Å². The van der Waals surface area contributed by atoms with E-state index < -0.39 is 5.91 Å². The van der Waals surface area contributed by atoms with E-state index in [9.17, 15) is 14.0 Å². The predicted octanol–water partition coefficient (Wildman–Crippen LogP) is 1.53. The Bertz CT molecular complexity index is 744. The SMILES string of the molecule is NC(=O)c1cc(C(=O)NC2CCN(c3ccccc3F)C2)co1. The maximum absolute atomic E-state index is 13.8. The summed E-state index contributed by atoms with van der Waals surface area (Å²) in [4.78, 5) is 25.0. The number of nitrogens with two attached hydrogens (primary N) is 1. The molecule has 1 saturated heterocycles. The minimum absolute atomic E-state index is 0.0606. The third-order valence-corrected chi connectivity index (χ3v) is 3.82. The number of rotatable bonds is 4. The molecule has 23 heavy (non-hydrogen) atoms. The molecule has 1 aromatic heterocycles. The van der Waals surface area contributed by atoms with Gasteiger partial charge in [-0.05, 0) is 18.6 Å². The highest BCUT2D eigenvalue weighted by Gasteiger charge is 2.26. The van der Waals surface area contributed by atoms with Crippen LogP contribution in [0.4, 0.5) is 10.1 Å². The Kier molecular flexibility index (Phi) is 4.01. The van der Waals surface area contributed by atoms with Gasteiger partial charge in [-0.3, -0.25) is 9.59 Å². The van der Waals surface area contributed by atoms with E-state index >= 15 is 0 Å². The summed E-state index contributed by atoms with van der Waals surface area (Å²) in [6, 6.07) is 7.76. The van der Waals surface area contributed by atoms with Crippen molar-refractivity contribution < 1.29 is 18.4 Å². The molecule has 0 spiro atoms. The van der Waals surface area contributed by atoms with Crippen LogP contribution in [0.1, 0.15) is 27.3 Å². The second kappa shape index (κ2) is 6.12. The number of halogens is 1. The van der Waals surface area contributed by atoms with Crippen molar-refractivity contribution in [3.63, 3.8) is 0 Å². The highest BCUT2D eigenvalue weighted by Crippen LogP contribution is 2.23. The second-order valence-corrected chi connectivity index (χ2v) is 5.42. The lowest BCUT2D eigenvalue weighted by Crippen LogP contribution is -2.37. The summed E-state index contributed by atoms with van der Waals surface area (Å²) >= 11 is 0. The van der Waals surface area contributed by atoms with Gasteiger partial charge in [0, 0.05) is 25.2 Å².